The molecular formula is C19H32N4O. The van der Waals surface area contributed by atoms with Crippen LogP contribution in [-0.2, 0) is 4.79 Å². The van der Waals surface area contributed by atoms with Gasteiger partial charge in [-0.2, -0.15) is 0 Å². The molecule has 1 unspecified atom stereocenters. The molecule has 1 aliphatic rings. The molecule has 1 atom stereocenters. The van der Waals surface area contributed by atoms with Gasteiger partial charge in [-0.25, -0.2) is 0 Å². The lowest BCUT2D eigenvalue weighted by molar-refractivity contribution is -0.126. The van der Waals surface area contributed by atoms with Crippen molar-refractivity contribution in [3.05, 3.63) is 29.3 Å². The Labute approximate surface area is 146 Å². The molecule has 134 valence electrons. The van der Waals surface area contributed by atoms with E-state index in [0.29, 0.717) is 6.54 Å². The molecule has 1 aromatic rings. The number of benzene rings is 1. The van der Waals surface area contributed by atoms with Gasteiger partial charge in [0.05, 0.1) is 6.04 Å². The molecule has 1 fully saturated rings. The predicted octanol–water partition coefficient (Wildman–Crippen LogP) is 1.49. The summed E-state index contributed by atoms with van der Waals surface area (Å²) in [5.74, 6) is 0.136. The zero-order chi connectivity index (χ0) is 17.7. The maximum Gasteiger partial charge on any atom is 0.237 e. The third-order valence-electron chi connectivity index (χ3n) is 4.96. The minimum absolute atomic E-state index is 0.0610. The number of carbonyl (C=O) groups excluding carboxylic acids is 1. The largest absolute Gasteiger partial charge is 0.369 e. The summed E-state index contributed by atoms with van der Waals surface area (Å²) in [5, 5.41) is 3.03. The summed E-state index contributed by atoms with van der Waals surface area (Å²) in [6.07, 6.45) is 0. The lowest BCUT2D eigenvalue weighted by atomic mass is 10.1. The normalized spacial score (nSPS) is 17.2. The highest BCUT2D eigenvalue weighted by atomic mass is 16.2. The van der Waals surface area contributed by atoms with Crippen LogP contribution in [0.25, 0.3) is 0 Å². The van der Waals surface area contributed by atoms with E-state index in [4.69, 9.17) is 0 Å². The van der Waals surface area contributed by atoms with Crippen LogP contribution in [-0.4, -0.2) is 75.1 Å². The van der Waals surface area contributed by atoms with Crippen LogP contribution in [0.5, 0.6) is 0 Å². The number of anilines is 1. The Morgan fingerprint density at radius 1 is 1.17 bits per heavy atom. The molecule has 5 heteroatoms. The van der Waals surface area contributed by atoms with Crippen molar-refractivity contribution in [2.24, 2.45) is 0 Å². The van der Waals surface area contributed by atoms with Gasteiger partial charge in [-0.05, 0) is 58.1 Å². The maximum absolute atomic E-state index is 12.3. The first kappa shape index (κ1) is 18.7. The van der Waals surface area contributed by atoms with Gasteiger partial charge in [0.2, 0.25) is 5.91 Å². The van der Waals surface area contributed by atoms with Crippen LogP contribution in [0.4, 0.5) is 5.69 Å². The van der Waals surface area contributed by atoms with Gasteiger partial charge in [0, 0.05) is 45.0 Å². The van der Waals surface area contributed by atoms with E-state index in [2.05, 4.69) is 52.1 Å². The second-order valence-electron chi connectivity index (χ2n) is 7.06. The van der Waals surface area contributed by atoms with Gasteiger partial charge < -0.3 is 15.1 Å². The Morgan fingerprint density at radius 3 is 2.42 bits per heavy atom. The van der Waals surface area contributed by atoms with E-state index in [1.165, 1.54) is 16.8 Å². The second-order valence-corrected chi connectivity index (χ2v) is 7.06. The highest BCUT2D eigenvalue weighted by Crippen LogP contribution is 2.20. The molecule has 0 bridgehead atoms. The maximum atomic E-state index is 12.3. The summed E-state index contributed by atoms with van der Waals surface area (Å²) in [5.41, 5.74) is 3.96. The standard InChI is InChI=1S/C19H32N4O/c1-15-6-7-18(14-16(15)2)23-12-10-22(11-13-23)17(3)19(24)20-8-9-21(4)5/h6-7,14,17H,8-13H2,1-5H3,(H,20,24). The van der Waals surface area contributed by atoms with Crippen molar-refractivity contribution < 1.29 is 4.79 Å². The number of carbonyl (C=O) groups is 1. The van der Waals surface area contributed by atoms with Gasteiger partial charge in [0.1, 0.15) is 0 Å². The van der Waals surface area contributed by atoms with Crippen molar-refractivity contribution in [3.8, 4) is 0 Å². The third-order valence-corrected chi connectivity index (χ3v) is 4.96. The van der Waals surface area contributed by atoms with Gasteiger partial charge in [-0.1, -0.05) is 6.07 Å². The number of nitrogens with zero attached hydrogens (tertiary/aromatic N) is 3. The number of piperazine rings is 1. The van der Waals surface area contributed by atoms with Crippen LogP contribution in [0.2, 0.25) is 0 Å². The summed E-state index contributed by atoms with van der Waals surface area (Å²) >= 11 is 0. The first-order valence-corrected chi connectivity index (χ1v) is 8.87. The van der Waals surface area contributed by atoms with Crippen molar-refractivity contribution in [1.82, 2.24) is 15.1 Å². The van der Waals surface area contributed by atoms with Crippen LogP contribution in [0, 0.1) is 13.8 Å². The number of rotatable bonds is 6. The molecule has 1 N–H and O–H groups in total. The fraction of sp³-hybridized carbons (Fsp3) is 0.632. The third kappa shape index (κ3) is 4.95. The van der Waals surface area contributed by atoms with Crippen molar-refractivity contribution in [2.75, 3.05) is 58.3 Å². The quantitative estimate of drug-likeness (QED) is 0.857. The topological polar surface area (TPSA) is 38.8 Å². The lowest BCUT2D eigenvalue weighted by Crippen LogP contribution is -2.54. The van der Waals surface area contributed by atoms with Gasteiger partial charge in [-0.3, -0.25) is 9.69 Å². The predicted molar refractivity (Wildman–Crippen MR) is 101 cm³/mol. The lowest BCUT2D eigenvalue weighted by Gasteiger charge is -2.38. The van der Waals surface area contributed by atoms with Crippen molar-refractivity contribution in [1.29, 1.82) is 0 Å². The van der Waals surface area contributed by atoms with Gasteiger partial charge in [-0.15, -0.1) is 0 Å². The fourth-order valence-corrected chi connectivity index (χ4v) is 3.01. The van der Waals surface area contributed by atoms with Crippen LogP contribution in [0.3, 0.4) is 0 Å². The van der Waals surface area contributed by atoms with Gasteiger partial charge in [0.25, 0.3) is 0 Å². The van der Waals surface area contributed by atoms with Crippen LogP contribution < -0.4 is 10.2 Å². The average molecular weight is 332 g/mol. The number of nitrogens with one attached hydrogen (secondary N) is 1. The molecule has 0 aliphatic carbocycles. The van der Waals surface area contributed by atoms with E-state index < -0.39 is 0 Å². The van der Waals surface area contributed by atoms with E-state index >= 15 is 0 Å². The number of hydrogen-bond acceptors (Lipinski definition) is 4. The molecule has 0 aromatic heterocycles. The van der Waals surface area contributed by atoms with Crippen molar-refractivity contribution >= 4 is 11.6 Å². The SMILES string of the molecule is Cc1ccc(N2CCN(C(C)C(=O)NCCN(C)C)CC2)cc1C. The van der Waals surface area contributed by atoms with Crippen molar-refractivity contribution in [2.45, 2.75) is 26.8 Å². The Balaban J connectivity index is 1.83. The van der Waals surface area contributed by atoms with E-state index in [1.807, 2.05) is 21.0 Å². The number of likely N-dealkylation sites (N-methyl/N-ethyl adjacent to an activating group) is 1. The smallest absolute Gasteiger partial charge is 0.237 e. The molecule has 1 aromatic carbocycles. The molecule has 0 radical (unpaired) electrons. The summed E-state index contributed by atoms with van der Waals surface area (Å²) < 4.78 is 0. The second kappa shape index (κ2) is 8.49. The molecule has 2 rings (SSSR count). The van der Waals surface area contributed by atoms with Crippen molar-refractivity contribution in [3.63, 3.8) is 0 Å². The van der Waals surface area contributed by atoms with Crippen LogP contribution >= 0.6 is 0 Å². The highest BCUT2D eigenvalue weighted by Gasteiger charge is 2.25. The molecule has 1 aliphatic heterocycles. The average Bonchev–Trinajstić information content (AvgIpc) is 2.56. The minimum atomic E-state index is -0.0610. The summed E-state index contributed by atoms with van der Waals surface area (Å²) in [6.45, 7) is 11.7. The zero-order valence-corrected chi connectivity index (χ0v) is 15.8. The van der Waals surface area contributed by atoms with Gasteiger partial charge >= 0.3 is 0 Å². The number of amides is 1. The van der Waals surface area contributed by atoms with E-state index in [9.17, 15) is 4.79 Å². The Bertz CT molecular complexity index is 550. The fourth-order valence-electron chi connectivity index (χ4n) is 3.01. The molecule has 0 saturated carbocycles. The van der Waals surface area contributed by atoms with E-state index in [-0.39, 0.29) is 11.9 Å². The molecular weight excluding hydrogens is 300 g/mol. The highest BCUT2D eigenvalue weighted by molar-refractivity contribution is 5.81. The van der Waals surface area contributed by atoms with Gasteiger partial charge in [0.15, 0.2) is 0 Å². The number of aryl methyl sites for hydroxylation is 2. The summed E-state index contributed by atoms with van der Waals surface area (Å²) in [4.78, 5) is 19.0. The molecule has 0 spiro atoms. The molecule has 24 heavy (non-hydrogen) atoms. The minimum Gasteiger partial charge on any atom is -0.369 e. The molecule has 1 heterocycles. The van der Waals surface area contributed by atoms with Crippen LogP contribution in [0.1, 0.15) is 18.1 Å². The Hall–Kier alpha value is -1.59. The molecule has 5 nitrogen and oxygen atoms in total. The Morgan fingerprint density at radius 2 is 1.83 bits per heavy atom. The number of hydrogen-bond donors (Lipinski definition) is 1. The van der Waals surface area contributed by atoms with Crippen LogP contribution in [0.15, 0.2) is 18.2 Å². The zero-order valence-electron chi connectivity index (χ0n) is 15.8. The monoisotopic (exact) mass is 332 g/mol. The van der Waals surface area contributed by atoms with E-state index in [1.54, 1.807) is 0 Å². The summed E-state index contributed by atoms with van der Waals surface area (Å²) in [6, 6.07) is 6.60. The first-order valence-electron chi connectivity index (χ1n) is 8.87. The van der Waals surface area contributed by atoms with E-state index in [0.717, 1.165) is 32.7 Å². The first-order chi connectivity index (χ1) is 11.4. The molecule has 1 amide bonds. The Kier molecular flexibility index (Phi) is 6.63. The molecule has 1 saturated heterocycles. The summed E-state index contributed by atoms with van der Waals surface area (Å²) in [7, 11) is 4.03.